The van der Waals surface area contributed by atoms with Crippen molar-refractivity contribution in [2.75, 3.05) is 19.6 Å². The Bertz CT molecular complexity index is 411. The third-order valence-electron chi connectivity index (χ3n) is 3.73. The van der Waals surface area contributed by atoms with E-state index in [2.05, 4.69) is 11.8 Å². The lowest BCUT2D eigenvalue weighted by molar-refractivity contribution is 0.230. The first-order valence-electron chi connectivity index (χ1n) is 6.56. The zero-order valence-electron chi connectivity index (χ0n) is 10.7. The van der Waals surface area contributed by atoms with Crippen LogP contribution in [0.25, 0.3) is 0 Å². The van der Waals surface area contributed by atoms with Gasteiger partial charge < -0.3 is 5.73 Å². The van der Waals surface area contributed by atoms with Crippen LogP contribution in [-0.4, -0.2) is 24.5 Å². The van der Waals surface area contributed by atoms with E-state index in [1.165, 1.54) is 0 Å². The Labute approximate surface area is 113 Å². The maximum atomic E-state index is 13.6. The van der Waals surface area contributed by atoms with Crippen LogP contribution in [0.5, 0.6) is 0 Å². The number of nitrogens with two attached hydrogens (primary N) is 1. The van der Waals surface area contributed by atoms with E-state index in [9.17, 15) is 4.39 Å². The Morgan fingerprint density at radius 3 is 2.89 bits per heavy atom. The summed E-state index contributed by atoms with van der Waals surface area (Å²) in [4.78, 5) is 2.40. The molecule has 0 aliphatic carbocycles. The molecule has 0 amide bonds. The topological polar surface area (TPSA) is 29.3 Å². The Morgan fingerprint density at radius 1 is 1.50 bits per heavy atom. The van der Waals surface area contributed by atoms with Gasteiger partial charge in [0.2, 0.25) is 0 Å². The van der Waals surface area contributed by atoms with E-state index in [0.717, 1.165) is 31.5 Å². The summed E-state index contributed by atoms with van der Waals surface area (Å²) in [5.74, 6) is 0.0745. The molecule has 1 aromatic carbocycles. The molecule has 18 heavy (non-hydrogen) atoms. The van der Waals surface area contributed by atoms with Crippen LogP contribution in [0.3, 0.4) is 0 Å². The molecular weight excluding hydrogens is 251 g/mol. The van der Waals surface area contributed by atoms with Gasteiger partial charge in [-0.1, -0.05) is 24.6 Å². The second-order valence-corrected chi connectivity index (χ2v) is 5.35. The lowest BCUT2D eigenvalue weighted by atomic mass is 9.93. The molecule has 1 heterocycles. The zero-order chi connectivity index (χ0) is 13.1. The lowest BCUT2D eigenvalue weighted by Crippen LogP contribution is -2.29. The second kappa shape index (κ2) is 6.00. The van der Waals surface area contributed by atoms with Crippen LogP contribution in [0.4, 0.5) is 4.39 Å². The van der Waals surface area contributed by atoms with Crippen molar-refractivity contribution < 1.29 is 4.39 Å². The smallest absolute Gasteiger partial charge is 0.142 e. The van der Waals surface area contributed by atoms with E-state index in [0.29, 0.717) is 12.5 Å². The number of hydrogen-bond acceptors (Lipinski definition) is 2. The molecule has 0 radical (unpaired) electrons. The first-order valence-corrected chi connectivity index (χ1v) is 6.94. The summed E-state index contributed by atoms with van der Waals surface area (Å²) in [7, 11) is 0. The van der Waals surface area contributed by atoms with Crippen molar-refractivity contribution in [3.8, 4) is 0 Å². The number of halogens is 2. The lowest BCUT2D eigenvalue weighted by Gasteiger charge is -2.28. The SMILES string of the molecule is CCCN1CCC(CN)C1c1ccc(Cl)c(F)c1. The van der Waals surface area contributed by atoms with Crippen molar-refractivity contribution in [3.05, 3.63) is 34.6 Å². The molecule has 1 fully saturated rings. The number of benzene rings is 1. The maximum absolute atomic E-state index is 13.6. The van der Waals surface area contributed by atoms with Crippen molar-refractivity contribution in [1.82, 2.24) is 4.90 Å². The fourth-order valence-electron chi connectivity index (χ4n) is 2.89. The van der Waals surface area contributed by atoms with Gasteiger partial charge in [-0.15, -0.1) is 0 Å². The maximum Gasteiger partial charge on any atom is 0.142 e. The number of nitrogens with zero attached hydrogens (tertiary/aromatic N) is 1. The van der Waals surface area contributed by atoms with Crippen molar-refractivity contribution >= 4 is 11.6 Å². The molecule has 0 bridgehead atoms. The number of rotatable bonds is 4. The van der Waals surface area contributed by atoms with Gasteiger partial charge in [-0.3, -0.25) is 4.90 Å². The Balaban J connectivity index is 2.28. The Kier molecular flexibility index (Phi) is 4.60. The molecule has 2 nitrogen and oxygen atoms in total. The Morgan fingerprint density at radius 2 is 2.28 bits per heavy atom. The highest BCUT2D eigenvalue weighted by molar-refractivity contribution is 6.30. The highest BCUT2D eigenvalue weighted by atomic mass is 35.5. The van der Waals surface area contributed by atoms with Crippen molar-refractivity contribution in [2.24, 2.45) is 11.7 Å². The summed E-state index contributed by atoms with van der Waals surface area (Å²) in [5.41, 5.74) is 6.84. The van der Waals surface area contributed by atoms with Gasteiger partial charge in [0.1, 0.15) is 5.82 Å². The van der Waals surface area contributed by atoms with Crippen molar-refractivity contribution in [1.29, 1.82) is 0 Å². The molecule has 100 valence electrons. The minimum absolute atomic E-state index is 0.183. The van der Waals surface area contributed by atoms with Gasteiger partial charge in [-0.05, 0) is 56.1 Å². The minimum Gasteiger partial charge on any atom is -0.330 e. The molecule has 2 rings (SSSR count). The van der Waals surface area contributed by atoms with Crippen LogP contribution in [0.2, 0.25) is 5.02 Å². The van der Waals surface area contributed by atoms with Gasteiger partial charge in [-0.2, -0.15) is 0 Å². The third-order valence-corrected chi connectivity index (χ3v) is 4.03. The standard InChI is InChI=1S/C14H20ClFN2/c1-2-6-18-7-5-11(9-17)14(18)10-3-4-12(15)13(16)8-10/h3-4,8,11,14H,2,5-7,9,17H2,1H3. The first kappa shape index (κ1) is 13.8. The molecule has 0 spiro atoms. The highest BCUT2D eigenvalue weighted by Crippen LogP contribution is 2.37. The molecule has 1 aliphatic heterocycles. The molecule has 1 saturated heterocycles. The van der Waals surface area contributed by atoms with Gasteiger partial charge in [0.05, 0.1) is 5.02 Å². The van der Waals surface area contributed by atoms with E-state index in [-0.39, 0.29) is 16.9 Å². The van der Waals surface area contributed by atoms with Gasteiger partial charge in [-0.25, -0.2) is 4.39 Å². The monoisotopic (exact) mass is 270 g/mol. The largest absolute Gasteiger partial charge is 0.330 e. The predicted octanol–water partition coefficient (Wildman–Crippen LogP) is 3.21. The molecule has 0 saturated carbocycles. The zero-order valence-corrected chi connectivity index (χ0v) is 11.5. The van der Waals surface area contributed by atoms with E-state index >= 15 is 0 Å². The average molecular weight is 271 g/mol. The molecule has 2 unspecified atom stereocenters. The fourth-order valence-corrected chi connectivity index (χ4v) is 3.01. The van der Waals surface area contributed by atoms with Crippen LogP contribution < -0.4 is 5.73 Å². The van der Waals surface area contributed by atoms with Gasteiger partial charge in [0.25, 0.3) is 0 Å². The highest BCUT2D eigenvalue weighted by Gasteiger charge is 2.33. The number of likely N-dealkylation sites (tertiary alicyclic amines) is 1. The van der Waals surface area contributed by atoms with Crippen LogP contribution >= 0.6 is 11.6 Å². The summed E-state index contributed by atoms with van der Waals surface area (Å²) < 4.78 is 13.6. The van der Waals surface area contributed by atoms with Gasteiger partial charge in [0, 0.05) is 6.04 Å². The van der Waals surface area contributed by atoms with E-state index in [4.69, 9.17) is 17.3 Å². The molecular formula is C14H20ClFN2. The van der Waals surface area contributed by atoms with Crippen LogP contribution in [0.1, 0.15) is 31.4 Å². The van der Waals surface area contributed by atoms with E-state index < -0.39 is 0 Å². The quantitative estimate of drug-likeness (QED) is 0.910. The number of hydrogen-bond donors (Lipinski definition) is 1. The average Bonchev–Trinajstić information content (AvgIpc) is 2.76. The van der Waals surface area contributed by atoms with Crippen molar-refractivity contribution in [3.63, 3.8) is 0 Å². The summed E-state index contributed by atoms with van der Waals surface area (Å²) in [6.45, 7) is 4.89. The summed E-state index contributed by atoms with van der Waals surface area (Å²) >= 11 is 5.74. The van der Waals surface area contributed by atoms with Crippen LogP contribution in [0.15, 0.2) is 18.2 Å². The predicted molar refractivity (Wildman–Crippen MR) is 73.2 cm³/mol. The first-order chi connectivity index (χ1) is 8.67. The summed E-state index contributed by atoms with van der Waals surface area (Å²) in [6, 6.07) is 5.36. The fraction of sp³-hybridized carbons (Fsp3) is 0.571. The normalized spacial score (nSPS) is 24.7. The van der Waals surface area contributed by atoms with Crippen LogP contribution in [0, 0.1) is 11.7 Å². The molecule has 1 aromatic rings. The van der Waals surface area contributed by atoms with Crippen LogP contribution in [-0.2, 0) is 0 Å². The molecule has 4 heteroatoms. The summed E-state index contributed by atoms with van der Waals surface area (Å²) in [6.07, 6.45) is 2.19. The molecule has 0 aromatic heterocycles. The summed E-state index contributed by atoms with van der Waals surface area (Å²) in [5, 5.41) is 0.183. The van der Waals surface area contributed by atoms with Crippen molar-refractivity contribution in [2.45, 2.75) is 25.8 Å². The van der Waals surface area contributed by atoms with E-state index in [1.54, 1.807) is 12.1 Å². The Hall–Kier alpha value is -0.640. The third kappa shape index (κ3) is 2.68. The molecule has 2 N–H and O–H groups in total. The van der Waals surface area contributed by atoms with Gasteiger partial charge >= 0.3 is 0 Å². The van der Waals surface area contributed by atoms with E-state index in [1.807, 2.05) is 6.07 Å². The molecule has 2 atom stereocenters. The van der Waals surface area contributed by atoms with Gasteiger partial charge in [0.15, 0.2) is 0 Å². The minimum atomic E-state index is -0.340. The molecule has 1 aliphatic rings. The second-order valence-electron chi connectivity index (χ2n) is 4.94.